The number of ether oxygens (including phenoxy) is 1. The first-order valence-corrected chi connectivity index (χ1v) is 6.94. The zero-order valence-corrected chi connectivity index (χ0v) is 12.7. The molecule has 0 spiro atoms. The molecule has 0 fully saturated rings. The Hall–Kier alpha value is -1.78. The van der Waals surface area contributed by atoms with E-state index in [9.17, 15) is 0 Å². The molecule has 0 amide bonds. The zero-order valence-electron chi connectivity index (χ0n) is 11.1. The fraction of sp³-hybridized carbons (Fsp3) is 0.133. The van der Waals surface area contributed by atoms with Crippen LogP contribution < -0.4 is 4.74 Å². The van der Waals surface area contributed by atoms with Crippen molar-refractivity contribution < 1.29 is 4.74 Å². The van der Waals surface area contributed by atoms with Crippen LogP contribution in [-0.2, 0) is 0 Å². The average Bonchev–Trinajstić information content (AvgIpc) is 2.77. The number of aryl methyl sites for hydroxylation is 1. The van der Waals surface area contributed by atoms with Gasteiger partial charge in [-0.05, 0) is 42.9 Å². The number of rotatable bonds is 2. The van der Waals surface area contributed by atoms with E-state index in [4.69, 9.17) is 28.6 Å². The molecule has 0 aliphatic carbocycles. The number of para-hydroxylation sites is 1. The normalized spacial score (nSPS) is 10.9. The molecule has 0 aliphatic rings. The zero-order chi connectivity index (χ0) is 14.3. The smallest absolute Gasteiger partial charge is 0.182 e. The molecule has 2 aromatic carbocycles. The van der Waals surface area contributed by atoms with Crippen LogP contribution in [0.5, 0.6) is 5.75 Å². The summed E-state index contributed by atoms with van der Waals surface area (Å²) in [4.78, 5) is 3.24. The van der Waals surface area contributed by atoms with E-state index in [1.807, 2.05) is 47.9 Å². The van der Waals surface area contributed by atoms with Gasteiger partial charge in [-0.25, -0.2) is 0 Å². The maximum atomic E-state index is 6.32. The molecule has 0 saturated heterocycles. The van der Waals surface area contributed by atoms with Gasteiger partial charge in [-0.2, -0.15) is 0 Å². The van der Waals surface area contributed by atoms with Gasteiger partial charge in [0.15, 0.2) is 4.77 Å². The second-order valence-corrected chi connectivity index (χ2v) is 5.35. The molecule has 20 heavy (non-hydrogen) atoms. The third kappa shape index (κ3) is 2.01. The van der Waals surface area contributed by atoms with Gasteiger partial charge in [0.05, 0.1) is 28.9 Å². The van der Waals surface area contributed by atoms with Gasteiger partial charge in [-0.1, -0.05) is 23.7 Å². The number of nitrogens with one attached hydrogen (secondary N) is 1. The van der Waals surface area contributed by atoms with Gasteiger partial charge in [-0.3, -0.25) is 4.57 Å². The largest absolute Gasteiger partial charge is 0.497 e. The number of H-pyrrole nitrogens is 1. The number of benzene rings is 2. The standard InChI is InChI=1S/C15H13ClN2OS/c1-9-4-3-5-12-14(9)17-15(20)18(12)13-8-10(19-2)6-7-11(13)16/h3-8H,1-2H3,(H,17,20). The third-order valence-electron chi connectivity index (χ3n) is 3.32. The van der Waals surface area contributed by atoms with Gasteiger partial charge in [0.2, 0.25) is 0 Å². The molecule has 1 aromatic heterocycles. The van der Waals surface area contributed by atoms with Gasteiger partial charge in [0, 0.05) is 6.07 Å². The van der Waals surface area contributed by atoms with Gasteiger partial charge in [0.1, 0.15) is 5.75 Å². The summed E-state index contributed by atoms with van der Waals surface area (Å²) in [6, 6.07) is 11.6. The lowest BCUT2D eigenvalue weighted by Crippen LogP contribution is -1.96. The number of aromatic nitrogens is 2. The molecule has 0 atom stereocenters. The lowest BCUT2D eigenvalue weighted by molar-refractivity contribution is 0.414. The fourth-order valence-electron chi connectivity index (χ4n) is 2.30. The molecule has 3 nitrogen and oxygen atoms in total. The SMILES string of the molecule is COc1ccc(Cl)c(-n2c(=S)[nH]c3c(C)cccc32)c1. The molecule has 102 valence electrons. The van der Waals surface area contributed by atoms with Crippen LogP contribution in [-0.4, -0.2) is 16.7 Å². The molecule has 0 bridgehead atoms. The lowest BCUT2D eigenvalue weighted by Gasteiger charge is -2.09. The minimum Gasteiger partial charge on any atom is -0.497 e. The average molecular weight is 305 g/mol. The second kappa shape index (κ2) is 4.96. The summed E-state index contributed by atoms with van der Waals surface area (Å²) in [5.41, 5.74) is 3.99. The second-order valence-electron chi connectivity index (χ2n) is 4.55. The summed E-state index contributed by atoms with van der Waals surface area (Å²) in [5, 5.41) is 0.629. The Labute approximate surface area is 126 Å². The highest BCUT2D eigenvalue weighted by molar-refractivity contribution is 7.71. The Morgan fingerprint density at radius 1 is 1.25 bits per heavy atom. The maximum Gasteiger partial charge on any atom is 0.182 e. The van der Waals surface area contributed by atoms with Gasteiger partial charge in [0.25, 0.3) is 0 Å². The molecule has 1 heterocycles. The number of hydrogen-bond acceptors (Lipinski definition) is 2. The first-order chi connectivity index (χ1) is 9.61. The minimum atomic E-state index is 0.615. The highest BCUT2D eigenvalue weighted by Gasteiger charge is 2.11. The minimum absolute atomic E-state index is 0.615. The predicted octanol–water partition coefficient (Wildman–Crippen LogP) is 4.66. The van der Waals surface area contributed by atoms with Crippen LogP contribution >= 0.6 is 23.8 Å². The van der Waals surface area contributed by atoms with Crippen LogP contribution in [0.2, 0.25) is 5.02 Å². The summed E-state index contributed by atoms with van der Waals surface area (Å²) < 4.78 is 7.82. The Balaban J connectivity index is 2.38. The number of methoxy groups -OCH3 is 1. The molecule has 3 rings (SSSR count). The van der Waals surface area contributed by atoms with Gasteiger partial charge >= 0.3 is 0 Å². The van der Waals surface area contributed by atoms with E-state index < -0.39 is 0 Å². The van der Waals surface area contributed by atoms with Crippen molar-refractivity contribution >= 4 is 34.9 Å². The number of imidazole rings is 1. The van der Waals surface area contributed by atoms with Crippen molar-refractivity contribution in [1.29, 1.82) is 0 Å². The van der Waals surface area contributed by atoms with E-state index in [2.05, 4.69) is 4.98 Å². The van der Waals surface area contributed by atoms with Crippen LogP contribution in [0.25, 0.3) is 16.7 Å². The predicted molar refractivity (Wildman–Crippen MR) is 84.8 cm³/mol. The summed E-state index contributed by atoms with van der Waals surface area (Å²) >= 11 is 11.8. The molecule has 0 radical (unpaired) electrons. The summed E-state index contributed by atoms with van der Waals surface area (Å²) in [6.07, 6.45) is 0. The van der Waals surface area contributed by atoms with Crippen molar-refractivity contribution in [3.8, 4) is 11.4 Å². The highest BCUT2D eigenvalue weighted by atomic mass is 35.5. The van der Waals surface area contributed by atoms with Crippen molar-refractivity contribution in [3.05, 3.63) is 51.8 Å². The summed E-state index contributed by atoms with van der Waals surface area (Å²) in [7, 11) is 1.63. The number of fused-ring (bicyclic) bond motifs is 1. The number of halogens is 1. The summed E-state index contributed by atoms with van der Waals surface area (Å²) in [5.74, 6) is 0.744. The van der Waals surface area contributed by atoms with Crippen molar-refractivity contribution in [3.63, 3.8) is 0 Å². The van der Waals surface area contributed by atoms with Gasteiger partial charge in [-0.15, -0.1) is 0 Å². The Bertz CT molecular complexity index is 851. The van der Waals surface area contributed by atoms with E-state index in [-0.39, 0.29) is 0 Å². The number of aromatic amines is 1. The Kier molecular flexibility index (Phi) is 3.28. The topological polar surface area (TPSA) is 29.9 Å². The number of hydrogen-bond donors (Lipinski definition) is 1. The maximum absolute atomic E-state index is 6.32. The van der Waals surface area contributed by atoms with E-state index >= 15 is 0 Å². The Morgan fingerprint density at radius 3 is 2.80 bits per heavy atom. The first-order valence-electron chi connectivity index (χ1n) is 6.16. The van der Waals surface area contributed by atoms with Crippen LogP contribution in [0, 0.1) is 11.7 Å². The third-order valence-corrected chi connectivity index (χ3v) is 3.93. The molecule has 0 aliphatic heterocycles. The van der Waals surface area contributed by atoms with Gasteiger partial charge < -0.3 is 9.72 Å². The molecule has 0 saturated carbocycles. The molecule has 1 N–H and O–H groups in total. The number of nitrogens with zero attached hydrogens (tertiary/aromatic N) is 1. The molecular formula is C15H13ClN2OS. The fourth-order valence-corrected chi connectivity index (χ4v) is 2.80. The van der Waals surface area contributed by atoms with Crippen molar-refractivity contribution in [2.75, 3.05) is 7.11 Å². The van der Waals surface area contributed by atoms with E-state index in [1.165, 1.54) is 0 Å². The monoisotopic (exact) mass is 304 g/mol. The van der Waals surface area contributed by atoms with Crippen molar-refractivity contribution in [2.45, 2.75) is 6.92 Å². The molecule has 5 heteroatoms. The Morgan fingerprint density at radius 2 is 2.05 bits per heavy atom. The quantitative estimate of drug-likeness (QED) is 0.698. The van der Waals surface area contributed by atoms with E-state index in [0.29, 0.717) is 9.79 Å². The lowest BCUT2D eigenvalue weighted by atomic mass is 10.2. The van der Waals surface area contributed by atoms with Crippen LogP contribution in [0.4, 0.5) is 0 Å². The summed E-state index contributed by atoms with van der Waals surface area (Å²) in [6.45, 7) is 2.05. The highest BCUT2D eigenvalue weighted by Crippen LogP contribution is 2.29. The van der Waals surface area contributed by atoms with Crippen LogP contribution in [0.3, 0.4) is 0 Å². The van der Waals surface area contributed by atoms with Crippen LogP contribution in [0.1, 0.15) is 5.56 Å². The molecular weight excluding hydrogens is 292 g/mol. The molecule has 3 aromatic rings. The van der Waals surface area contributed by atoms with Crippen molar-refractivity contribution in [2.24, 2.45) is 0 Å². The van der Waals surface area contributed by atoms with E-state index in [0.717, 1.165) is 28.0 Å². The van der Waals surface area contributed by atoms with Crippen molar-refractivity contribution in [1.82, 2.24) is 9.55 Å². The first kappa shape index (κ1) is 13.2. The van der Waals surface area contributed by atoms with Crippen LogP contribution in [0.15, 0.2) is 36.4 Å². The van der Waals surface area contributed by atoms with E-state index in [1.54, 1.807) is 7.11 Å². The molecule has 0 unspecified atom stereocenters.